The molecular weight excluding hydrogens is 234 g/mol. The summed E-state index contributed by atoms with van der Waals surface area (Å²) in [5.41, 5.74) is 0. The van der Waals surface area contributed by atoms with Gasteiger partial charge in [0.15, 0.2) is 9.84 Å². The Bertz CT molecular complexity index is 301. The first-order chi connectivity index (χ1) is 7.41. The molecule has 0 aromatic rings. The standard InChI is InChI=1S/C9H19NO5S/c1-3-16(13,14)7-5-10(4-6-15-2)8-9(11)12/h3-8H2,1-2H3,(H,11,12). The zero-order chi connectivity index (χ0) is 12.6. The van der Waals surface area contributed by atoms with E-state index < -0.39 is 15.8 Å². The van der Waals surface area contributed by atoms with Gasteiger partial charge in [-0.1, -0.05) is 6.92 Å². The van der Waals surface area contributed by atoms with Crippen molar-refractivity contribution in [3.63, 3.8) is 0 Å². The first-order valence-electron chi connectivity index (χ1n) is 5.04. The number of nitrogens with zero attached hydrogens (tertiary/aromatic N) is 1. The van der Waals surface area contributed by atoms with Crippen molar-refractivity contribution in [3.8, 4) is 0 Å². The third-order valence-corrected chi connectivity index (χ3v) is 3.81. The van der Waals surface area contributed by atoms with Crippen molar-refractivity contribution < 1.29 is 23.1 Å². The van der Waals surface area contributed by atoms with E-state index in [1.807, 2.05) is 0 Å². The van der Waals surface area contributed by atoms with Gasteiger partial charge in [-0.15, -0.1) is 0 Å². The molecule has 0 bridgehead atoms. The predicted octanol–water partition coefficient (Wildman–Crippen LogP) is -0.546. The highest BCUT2D eigenvalue weighted by atomic mass is 32.2. The molecule has 0 saturated heterocycles. The van der Waals surface area contributed by atoms with Gasteiger partial charge in [-0.25, -0.2) is 8.42 Å². The number of carbonyl (C=O) groups is 1. The molecule has 0 radical (unpaired) electrons. The molecule has 0 aliphatic carbocycles. The molecule has 16 heavy (non-hydrogen) atoms. The zero-order valence-corrected chi connectivity index (χ0v) is 10.5. The lowest BCUT2D eigenvalue weighted by molar-refractivity contribution is -0.138. The molecule has 0 aromatic carbocycles. The van der Waals surface area contributed by atoms with Crippen LogP contribution in [0, 0.1) is 0 Å². The number of hydrogen-bond acceptors (Lipinski definition) is 5. The van der Waals surface area contributed by atoms with E-state index >= 15 is 0 Å². The number of hydrogen-bond donors (Lipinski definition) is 1. The summed E-state index contributed by atoms with van der Waals surface area (Å²) in [5.74, 6) is -0.899. The molecule has 0 unspecified atom stereocenters. The molecule has 7 heteroatoms. The van der Waals surface area contributed by atoms with Crippen molar-refractivity contribution in [2.24, 2.45) is 0 Å². The summed E-state index contributed by atoms with van der Waals surface area (Å²) in [6.07, 6.45) is 0. The summed E-state index contributed by atoms with van der Waals surface area (Å²) in [6.45, 7) is 2.45. The van der Waals surface area contributed by atoms with E-state index in [1.54, 1.807) is 11.8 Å². The van der Waals surface area contributed by atoms with Crippen molar-refractivity contribution in [3.05, 3.63) is 0 Å². The molecule has 0 heterocycles. The maximum atomic E-state index is 11.3. The molecule has 0 aliphatic heterocycles. The Balaban J connectivity index is 4.15. The minimum Gasteiger partial charge on any atom is -0.480 e. The summed E-state index contributed by atoms with van der Waals surface area (Å²) < 4.78 is 27.3. The van der Waals surface area contributed by atoms with E-state index in [4.69, 9.17) is 9.84 Å². The summed E-state index contributed by atoms with van der Waals surface area (Å²) >= 11 is 0. The van der Waals surface area contributed by atoms with Crippen molar-refractivity contribution in [1.82, 2.24) is 4.90 Å². The average Bonchev–Trinajstić information content (AvgIpc) is 2.21. The van der Waals surface area contributed by atoms with Gasteiger partial charge in [0.05, 0.1) is 18.9 Å². The number of carboxylic acid groups (broad SMARTS) is 1. The summed E-state index contributed by atoms with van der Waals surface area (Å²) in [5, 5.41) is 8.64. The normalized spacial score (nSPS) is 11.9. The molecular formula is C9H19NO5S. The Hall–Kier alpha value is -0.660. The van der Waals surface area contributed by atoms with Crippen LogP contribution in [0.5, 0.6) is 0 Å². The van der Waals surface area contributed by atoms with Crippen LogP contribution in [-0.2, 0) is 19.4 Å². The van der Waals surface area contributed by atoms with Crippen LogP contribution < -0.4 is 0 Å². The van der Waals surface area contributed by atoms with Gasteiger partial charge in [0.25, 0.3) is 0 Å². The fraction of sp³-hybridized carbons (Fsp3) is 0.889. The molecule has 0 saturated carbocycles. The minimum atomic E-state index is -3.05. The fourth-order valence-electron chi connectivity index (χ4n) is 1.09. The highest BCUT2D eigenvalue weighted by Gasteiger charge is 2.13. The lowest BCUT2D eigenvalue weighted by atomic mass is 10.4. The SMILES string of the molecule is CCS(=O)(=O)CCN(CCOC)CC(=O)O. The Labute approximate surface area is 96.1 Å². The number of aliphatic carboxylic acids is 1. The van der Waals surface area contributed by atoms with Crippen LogP contribution in [0.2, 0.25) is 0 Å². The van der Waals surface area contributed by atoms with Gasteiger partial charge < -0.3 is 9.84 Å². The molecule has 0 atom stereocenters. The van der Waals surface area contributed by atoms with Crippen LogP contribution in [0.3, 0.4) is 0 Å². The molecule has 0 rings (SSSR count). The highest BCUT2D eigenvalue weighted by molar-refractivity contribution is 7.91. The fourth-order valence-corrected chi connectivity index (χ4v) is 1.92. The van der Waals surface area contributed by atoms with Crippen molar-refractivity contribution >= 4 is 15.8 Å². The van der Waals surface area contributed by atoms with Crippen LogP contribution in [0.4, 0.5) is 0 Å². The number of carboxylic acids is 1. The smallest absolute Gasteiger partial charge is 0.317 e. The molecule has 6 nitrogen and oxygen atoms in total. The number of rotatable bonds is 9. The molecule has 0 aliphatic rings. The molecule has 96 valence electrons. The summed E-state index contributed by atoms with van der Waals surface area (Å²) in [4.78, 5) is 12.1. The van der Waals surface area contributed by atoms with E-state index in [0.29, 0.717) is 13.2 Å². The van der Waals surface area contributed by atoms with Crippen LogP contribution in [0.25, 0.3) is 0 Å². The Morgan fingerprint density at radius 2 is 2.00 bits per heavy atom. The first kappa shape index (κ1) is 15.3. The highest BCUT2D eigenvalue weighted by Crippen LogP contribution is 1.94. The van der Waals surface area contributed by atoms with Gasteiger partial charge in [-0.3, -0.25) is 9.69 Å². The second kappa shape index (κ2) is 7.59. The van der Waals surface area contributed by atoms with Gasteiger partial charge >= 0.3 is 5.97 Å². The molecule has 0 amide bonds. The van der Waals surface area contributed by atoms with Gasteiger partial charge in [-0.2, -0.15) is 0 Å². The molecule has 1 N–H and O–H groups in total. The lowest BCUT2D eigenvalue weighted by Crippen LogP contribution is -2.36. The van der Waals surface area contributed by atoms with Gasteiger partial charge in [0.2, 0.25) is 0 Å². The number of ether oxygens (including phenoxy) is 1. The van der Waals surface area contributed by atoms with E-state index in [1.165, 1.54) is 7.11 Å². The second-order valence-corrected chi connectivity index (χ2v) is 5.87. The van der Waals surface area contributed by atoms with Crippen LogP contribution >= 0.6 is 0 Å². The third-order valence-electron chi connectivity index (χ3n) is 2.13. The van der Waals surface area contributed by atoms with E-state index in [9.17, 15) is 13.2 Å². The predicted molar refractivity (Wildman–Crippen MR) is 60.3 cm³/mol. The molecule has 0 fully saturated rings. The topological polar surface area (TPSA) is 83.9 Å². The molecule has 0 aromatic heterocycles. The van der Waals surface area contributed by atoms with E-state index in [2.05, 4.69) is 0 Å². The lowest BCUT2D eigenvalue weighted by Gasteiger charge is -2.19. The minimum absolute atomic E-state index is 0.0134. The van der Waals surface area contributed by atoms with Crippen LogP contribution in [0.15, 0.2) is 0 Å². The zero-order valence-electron chi connectivity index (χ0n) is 9.68. The van der Waals surface area contributed by atoms with Crippen LogP contribution in [-0.4, -0.2) is 69.3 Å². The monoisotopic (exact) mass is 253 g/mol. The number of methoxy groups -OCH3 is 1. The Kier molecular flexibility index (Phi) is 7.27. The van der Waals surface area contributed by atoms with E-state index in [0.717, 1.165) is 0 Å². The average molecular weight is 253 g/mol. The van der Waals surface area contributed by atoms with Crippen molar-refractivity contribution in [2.75, 3.05) is 44.9 Å². The largest absolute Gasteiger partial charge is 0.480 e. The van der Waals surface area contributed by atoms with E-state index in [-0.39, 0.29) is 24.6 Å². The summed E-state index contributed by atoms with van der Waals surface area (Å²) in [7, 11) is -1.54. The van der Waals surface area contributed by atoms with Crippen molar-refractivity contribution in [2.45, 2.75) is 6.92 Å². The van der Waals surface area contributed by atoms with Gasteiger partial charge in [0, 0.05) is 26.0 Å². The first-order valence-corrected chi connectivity index (χ1v) is 6.87. The quantitative estimate of drug-likeness (QED) is 0.594. The van der Waals surface area contributed by atoms with Crippen molar-refractivity contribution in [1.29, 1.82) is 0 Å². The van der Waals surface area contributed by atoms with Gasteiger partial charge in [0.1, 0.15) is 0 Å². The number of sulfone groups is 1. The third kappa shape index (κ3) is 7.61. The second-order valence-electron chi connectivity index (χ2n) is 3.40. The maximum Gasteiger partial charge on any atom is 0.317 e. The summed E-state index contributed by atoms with van der Waals surface area (Å²) in [6, 6.07) is 0. The van der Waals surface area contributed by atoms with Crippen LogP contribution in [0.1, 0.15) is 6.92 Å². The molecule has 0 spiro atoms. The maximum absolute atomic E-state index is 11.3. The van der Waals surface area contributed by atoms with Gasteiger partial charge in [-0.05, 0) is 0 Å². The Morgan fingerprint density at radius 1 is 1.38 bits per heavy atom. The Morgan fingerprint density at radius 3 is 2.44 bits per heavy atom.